The molecule has 2 unspecified atom stereocenters. The summed E-state index contributed by atoms with van der Waals surface area (Å²) >= 11 is 0. The quantitative estimate of drug-likeness (QED) is 0.796. The Bertz CT molecular complexity index is 341. The lowest BCUT2D eigenvalue weighted by Crippen LogP contribution is -2.27. The van der Waals surface area contributed by atoms with Gasteiger partial charge in [0.25, 0.3) is 0 Å². The maximum absolute atomic E-state index is 11.1. The molecule has 1 aromatic carbocycles. The minimum atomic E-state index is -0.784. The van der Waals surface area contributed by atoms with E-state index in [1.165, 1.54) is 0 Å². The Morgan fingerprint density at radius 3 is 2.87 bits per heavy atom. The molecule has 0 aliphatic heterocycles. The Labute approximate surface area is 93.0 Å². The maximum atomic E-state index is 11.1. The molecule has 0 saturated heterocycles. The predicted molar refractivity (Wildman–Crippen MR) is 63.3 cm³/mol. The van der Waals surface area contributed by atoms with E-state index in [0.717, 1.165) is 12.1 Å². The number of phenolic OH excluding ortho intramolecular Hbond substituents is 1. The summed E-state index contributed by atoms with van der Waals surface area (Å²) in [4.78, 5) is 0. The van der Waals surface area contributed by atoms with Crippen molar-refractivity contribution in [3.8, 4) is 5.75 Å². The zero-order chi connectivity index (χ0) is 11.3. The van der Waals surface area contributed by atoms with E-state index in [1.54, 1.807) is 18.4 Å². The monoisotopic (exact) mass is 227 g/mol. The Morgan fingerprint density at radius 2 is 2.27 bits per heavy atom. The summed E-state index contributed by atoms with van der Waals surface area (Å²) in [5, 5.41) is 12.6. The van der Waals surface area contributed by atoms with E-state index >= 15 is 0 Å². The molecule has 0 spiro atoms. The molecular weight excluding hydrogens is 210 g/mol. The van der Waals surface area contributed by atoms with Crippen molar-refractivity contribution in [1.29, 1.82) is 0 Å². The van der Waals surface area contributed by atoms with E-state index in [0.29, 0.717) is 6.54 Å². The van der Waals surface area contributed by atoms with Gasteiger partial charge in [-0.25, -0.2) is 0 Å². The van der Waals surface area contributed by atoms with Crippen molar-refractivity contribution in [3.05, 3.63) is 29.8 Å². The molecule has 0 bridgehead atoms. The number of phenols is 1. The lowest BCUT2D eigenvalue weighted by Gasteiger charge is -2.09. The van der Waals surface area contributed by atoms with Crippen molar-refractivity contribution in [2.75, 3.05) is 12.8 Å². The molecule has 0 saturated carbocycles. The summed E-state index contributed by atoms with van der Waals surface area (Å²) in [7, 11) is -0.784. The molecule has 0 aromatic heterocycles. The van der Waals surface area contributed by atoms with Crippen molar-refractivity contribution in [2.45, 2.75) is 18.7 Å². The number of nitrogens with one attached hydrogen (secondary N) is 1. The first kappa shape index (κ1) is 12.2. The molecule has 1 aromatic rings. The molecule has 0 fully saturated rings. The first-order valence-corrected chi connectivity index (χ1v) is 6.52. The molecule has 0 amide bonds. The Balaban J connectivity index is 2.35. The maximum Gasteiger partial charge on any atom is 0.115 e. The van der Waals surface area contributed by atoms with E-state index in [4.69, 9.17) is 0 Å². The Hall–Kier alpha value is -0.870. The second-order valence-electron chi connectivity index (χ2n) is 3.61. The lowest BCUT2D eigenvalue weighted by atomic mass is 10.2. The zero-order valence-electron chi connectivity index (χ0n) is 9.06. The molecule has 3 nitrogen and oxygen atoms in total. The van der Waals surface area contributed by atoms with Crippen LogP contribution in [0.5, 0.6) is 5.75 Å². The van der Waals surface area contributed by atoms with Crippen LogP contribution in [-0.2, 0) is 17.3 Å². The Morgan fingerprint density at radius 1 is 1.53 bits per heavy atom. The molecule has 0 aliphatic carbocycles. The van der Waals surface area contributed by atoms with Gasteiger partial charge in [-0.1, -0.05) is 12.1 Å². The number of rotatable bonds is 5. The van der Waals surface area contributed by atoms with Gasteiger partial charge >= 0.3 is 0 Å². The van der Waals surface area contributed by atoms with Gasteiger partial charge in [-0.2, -0.15) is 0 Å². The largest absolute Gasteiger partial charge is 0.508 e. The van der Waals surface area contributed by atoms with Crippen LogP contribution in [0.25, 0.3) is 0 Å². The number of benzene rings is 1. The van der Waals surface area contributed by atoms with Gasteiger partial charge in [-0.3, -0.25) is 4.21 Å². The van der Waals surface area contributed by atoms with Gasteiger partial charge in [-0.15, -0.1) is 0 Å². The van der Waals surface area contributed by atoms with Gasteiger partial charge in [0.2, 0.25) is 0 Å². The van der Waals surface area contributed by atoms with Crippen LogP contribution >= 0.6 is 0 Å². The van der Waals surface area contributed by atoms with Gasteiger partial charge in [-0.05, 0) is 24.6 Å². The van der Waals surface area contributed by atoms with E-state index in [9.17, 15) is 9.32 Å². The molecular formula is C11H17NO2S. The third-order valence-corrected chi connectivity index (χ3v) is 3.54. The normalized spacial score (nSPS) is 14.8. The summed E-state index contributed by atoms with van der Waals surface area (Å²) in [6, 6.07) is 7.13. The summed E-state index contributed by atoms with van der Waals surface area (Å²) in [5.74, 6) is 0.279. The second kappa shape index (κ2) is 5.88. The van der Waals surface area contributed by atoms with E-state index in [1.807, 2.05) is 19.1 Å². The van der Waals surface area contributed by atoms with Gasteiger partial charge in [0, 0.05) is 35.4 Å². The Kier molecular flexibility index (Phi) is 4.78. The van der Waals surface area contributed by atoms with Crippen molar-refractivity contribution < 1.29 is 9.32 Å². The molecule has 0 heterocycles. The predicted octanol–water partition coefficient (Wildman–Crippen LogP) is 1.25. The van der Waals surface area contributed by atoms with Crippen LogP contribution in [0.2, 0.25) is 0 Å². The fourth-order valence-corrected chi connectivity index (χ4v) is 1.56. The highest BCUT2D eigenvalue weighted by Gasteiger charge is 2.04. The highest BCUT2D eigenvalue weighted by Crippen LogP contribution is 2.10. The van der Waals surface area contributed by atoms with Gasteiger partial charge in [0.1, 0.15) is 5.75 Å². The topological polar surface area (TPSA) is 49.3 Å². The average molecular weight is 227 g/mol. The standard InChI is InChI=1S/C11H17NO2S/c1-9(15(2)14)7-12-8-10-4-3-5-11(13)6-10/h3-6,9,12-13H,7-8H2,1-2H3. The molecule has 1 rings (SSSR count). The third kappa shape index (κ3) is 4.44. The minimum Gasteiger partial charge on any atom is -0.508 e. The molecule has 2 atom stereocenters. The van der Waals surface area contributed by atoms with Crippen molar-refractivity contribution >= 4 is 10.8 Å². The summed E-state index contributed by atoms with van der Waals surface area (Å²) in [6.45, 7) is 3.36. The van der Waals surface area contributed by atoms with Crippen LogP contribution in [0, 0.1) is 0 Å². The van der Waals surface area contributed by atoms with Crippen LogP contribution < -0.4 is 5.32 Å². The van der Waals surface area contributed by atoms with E-state index in [-0.39, 0.29) is 11.0 Å². The van der Waals surface area contributed by atoms with Crippen LogP contribution in [0.1, 0.15) is 12.5 Å². The minimum absolute atomic E-state index is 0.155. The number of hydrogen-bond donors (Lipinski definition) is 2. The fourth-order valence-electron chi connectivity index (χ4n) is 1.20. The molecule has 4 heteroatoms. The van der Waals surface area contributed by atoms with Crippen molar-refractivity contribution in [2.24, 2.45) is 0 Å². The molecule has 0 radical (unpaired) electrons. The second-order valence-corrected chi connectivity index (χ2v) is 5.41. The van der Waals surface area contributed by atoms with E-state index < -0.39 is 10.8 Å². The van der Waals surface area contributed by atoms with Crippen LogP contribution in [0.4, 0.5) is 0 Å². The lowest BCUT2D eigenvalue weighted by molar-refractivity contribution is 0.474. The van der Waals surface area contributed by atoms with Crippen LogP contribution in [0.3, 0.4) is 0 Å². The zero-order valence-corrected chi connectivity index (χ0v) is 9.88. The summed E-state index contributed by atoms with van der Waals surface area (Å²) in [6.07, 6.45) is 1.71. The fraction of sp³-hybridized carbons (Fsp3) is 0.455. The third-order valence-electron chi connectivity index (χ3n) is 2.24. The average Bonchev–Trinajstić information content (AvgIpc) is 2.17. The van der Waals surface area contributed by atoms with Crippen molar-refractivity contribution in [1.82, 2.24) is 5.32 Å². The number of hydrogen-bond acceptors (Lipinski definition) is 3. The highest BCUT2D eigenvalue weighted by molar-refractivity contribution is 7.84. The molecule has 0 aliphatic rings. The summed E-state index contributed by atoms with van der Waals surface area (Å²) < 4.78 is 11.1. The van der Waals surface area contributed by atoms with Gasteiger partial charge < -0.3 is 10.4 Å². The molecule has 2 N–H and O–H groups in total. The smallest absolute Gasteiger partial charge is 0.115 e. The highest BCUT2D eigenvalue weighted by atomic mass is 32.2. The van der Waals surface area contributed by atoms with Gasteiger partial charge in [0.05, 0.1) is 0 Å². The first-order chi connectivity index (χ1) is 7.09. The van der Waals surface area contributed by atoms with Crippen LogP contribution in [-0.4, -0.2) is 27.4 Å². The first-order valence-electron chi connectivity index (χ1n) is 4.90. The summed E-state index contributed by atoms with van der Waals surface area (Å²) in [5.41, 5.74) is 1.03. The van der Waals surface area contributed by atoms with Gasteiger partial charge in [0.15, 0.2) is 0 Å². The van der Waals surface area contributed by atoms with Crippen LogP contribution in [0.15, 0.2) is 24.3 Å². The number of aromatic hydroxyl groups is 1. The van der Waals surface area contributed by atoms with Crippen molar-refractivity contribution in [3.63, 3.8) is 0 Å². The molecule has 15 heavy (non-hydrogen) atoms. The van der Waals surface area contributed by atoms with E-state index in [2.05, 4.69) is 5.32 Å². The molecule has 84 valence electrons. The SMILES string of the molecule is CC(CNCc1cccc(O)c1)S(C)=O.